The first-order valence-electron chi connectivity index (χ1n) is 12.0. The second kappa shape index (κ2) is 12.3. The zero-order valence-corrected chi connectivity index (χ0v) is 21.7. The first-order chi connectivity index (χ1) is 18.6. The number of aliphatic imine (C=N–C) groups is 1. The molecule has 40 heavy (non-hydrogen) atoms. The van der Waals surface area contributed by atoms with Crippen LogP contribution in [0, 0.1) is 17.8 Å². The van der Waals surface area contributed by atoms with Gasteiger partial charge in [-0.15, -0.1) is 0 Å². The van der Waals surface area contributed by atoms with Gasteiger partial charge in [0.1, 0.15) is 0 Å². The number of anilines is 1. The zero-order chi connectivity index (χ0) is 29.8. The van der Waals surface area contributed by atoms with Gasteiger partial charge in [0.25, 0.3) is 5.91 Å². The minimum absolute atomic E-state index is 0.138. The number of nitrogens with zero attached hydrogens (tertiary/aromatic N) is 1. The summed E-state index contributed by atoms with van der Waals surface area (Å²) in [7, 11) is 0. The van der Waals surface area contributed by atoms with E-state index < -0.39 is 73.3 Å². The molecule has 0 aliphatic carbocycles. The van der Waals surface area contributed by atoms with E-state index in [1.54, 1.807) is 42.5 Å². The Bertz CT molecular complexity index is 1280. The Labute approximate surface area is 230 Å². The SMILES string of the molecule is C[C@H](CC(C(N)=O)C(CCC(F)(F)F)C(=O)N[C@H]1N=C(c2ccccc2)c2cccc(Cl)c2NC1=O)C(F)(F)F. The van der Waals surface area contributed by atoms with Crippen LogP contribution < -0.4 is 16.4 Å². The number of rotatable bonds is 9. The number of benzene rings is 2. The lowest BCUT2D eigenvalue weighted by Crippen LogP contribution is -2.48. The van der Waals surface area contributed by atoms with Crippen molar-refractivity contribution in [3.8, 4) is 0 Å². The summed E-state index contributed by atoms with van der Waals surface area (Å²) in [6.07, 6.45) is -14.9. The fourth-order valence-electron chi connectivity index (χ4n) is 4.29. The number of benzodiazepines with no additional fused rings is 1. The highest BCUT2D eigenvalue weighted by Crippen LogP contribution is 2.36. The van der Waals surface area contributed by atoms with E-state index in [1.807, 2.05) is 0 Å². The topological polar surface area (TPSA) is 114 Å². The van der Waals surface area contributed by atoms with Gasteiger partial charge in [0, 0.05) is 29.4 Å². The summed E-state index contributed by atoms with van der Waals surface area (Å²) in [4.78, 5) is 42.9. The normalized spacial score (nSPS) is 17.9. The molecule has 3 amide bonds. The summed E-state index contributed by atoms with van der Waals surface area (Å²) in [6.45, 7) is 0.727. The smallest absolute Gasteiger partial charge is 0.369 e. The molecule has 216 valence electrons. The van der Waals surface area contributed by atoms with Crippen LogP contribution in [0.15, 0.2) is 53.5 Å². The number of hydrogen-bond acceptors (Lipinski definition) is 4. The van der Waals surface area contributed by atoms with E-state index in [0.717, 1.165) is 6.92 Å². The third kappa shape index (κ3) is 7.74. The standard InChI is InChI=1S/C26H25ClF6N4O3/c1-13(26(31,32)33)12-17(21(34)38)15(10-11-25(28,29)30)23(39)37-22-24(40)36-20-16(8-5-9-18(20)27)19(35-22)14-6-3-2-4-7-14/h2-9,13,15,17,22H,10-12H2,1H3,(H2,34,38)(H,36,40)(H,37,39)/t13-,15?,17?,22-/m1/s1. The average molecular weight is 591 g/mol. The van der Waals surface area contributed by atoms with Crippen LogP contribution in [0.4, 0.5) is 32.0 Å². The molecular weight excluding hydrogens is 566 g/mol. The maximum atomic E-state index is 13.3. The van der Waals surface area contributed by atoms with Crippen molar-refractivity contribution in [3.63, 3.8) is 0 Å². The largest absolute Gasteiger partial charge is 0.391 e. The Morgan fingerprint density at radius 2 is 1.70 bits per heavy atom. The first-order valence-corrected chi connectivity index (χ1v) is 12.4. The lowest BCUT2D eigenvalue weighted by molar-refractivity contribution is -0.177. The van der Waals surface area contributed by atoms with Gasteiger partial charge in [-0.25, -0.2) is 4.99 Å². The summed E-state index contributed by atoms with van der Waals surface area (Å²) in [5.74, 6) is -9.56. The van der Waals surface area contributed by atoms with Gasteiger partial charge in [-0.3, -0.25) is 14.4 Å². The van der Waals surface area contributed by atoms with Crippen LogP contribution in [0.1, 0.15) is 37.3 Å². The predicted octanol–water partition coefficient (Wildman–Crippen LogP) is 5.22. The van der Waals surface area contributed by atoms with Gasteiger partial charge in [0.05, 0.1) is 22.3 Å². The monoisotopic (exact) mass is 590 g/mol. The van der Waals surface area contributed by atoms with E-state index in [4.69, 9.17) is 17.3 Å². The molecule has 2 unspecified atom stereocenters. The molecule has 2 aromatic rings. The number of amides is 3. The van der Waals surface area contributed by atoms with E-state index in [1.165, 1.54) is 6.07 Å². The summed E-state index contributed by atoms with van der Waals surface area (Å²) < 4.78 is 78.9. The van der Waals surface area contributed by atoms with Gasteiger partial charge in [-0.1, -0.05) is 61.0 Å². The van der Waals surface area contributed by atoms with Crippen molar-refractivity contribution in [1.29, 1.82) is 0 Å². The molecule has 1 heterocycles. The molecule has 3 rings (SSSR count). The van der Waals surface area contributed by atoms with Crippen molar-refractivity contribution >= 4 is 40.7 Å². The third-order valence-electron chi connectivity index (χ3n) is 6.44. The molecule has 1 aliphatic rings. The Balaban J connectivity index is 2.01. The Morgan fingerprint density at radius 3 is 2.27 bits per heavy atom. The second-order valence-corrected chi connectivity index (χ2v) is 9.76. The van der Waals surface area contributed by atoms with Crippen molar-refractivity contribution in [2.45, 2.75) is 44.7 Å². The number of fused-ring (bicyclic) bond motifs is 1. The highest BCUT2D eigenvalue weighted by atomic mass is 35.5. The number of nitrogens with one attached hydrogen (secondary N) is 2. The molecule has 2 aromatic carbocycles. The molecule has 14 heteroatoms. The molecule has 0 aromatic heterocycles. The van der Waals surface area contributed by atoms with Crippen molar-refractivity contribution < 1.29 is 40.7 Å². The van der Waals surface area contributed by atoms with Crippen molar-refractivity contribution in [1.82, 2.24) is 5.32 Å². The van der Waals surface area contributed by atoms with Crippen molar-refractivity contribution in [2.75, 3.05) is 5.32 Å². The summed E-state index contributed by atoms with van der Waals surface area (Å²) in [5.41, 5.74) is 6.52. The Morgan fingerprint density at radius 1 is 1.05 bits per heavy atom. The van der Waals surface area contributed by atoms with Crippen LogP contribution in [0.3, 0.4) is 0 Å². The lowest BCUT2D eigenvalue weighted by atomic mass is 9.80. The highest BCUT2D eigenvalue weighted by molar-refractivity contribution is 6.36. The number of primary amides is 1. The number of hydrogen-bond donors (Lipinski definition) is 3. The van der Waals surface area contributed by atoms with Crippen LogP contribution in [0.2, 0.25) is 5.02 Å². The quantitative estimate of drug-likeness (QED) is 0.348. The summed E-state index contributed by atoms with van der Waals surface area (Å²) in [6, 6.07) is 13.1. The van der Waals surface area contributed by atoms with Gasteiger partial charge in [0.15, 0.2) is 0 Å². The van der Waals surface area contributed by atoms with Crippen molar-refractivity contribution in [2.24, 2.45) is 28.5 Å². The molecule has 0 radical (unpaired) electrons. The molecule has 0 saturated carbocycles. The minimum Gasteiger partial charge on any atom is -0.369 e. The summed E-state index contributed by atoms with van der Waals surface area (Å²) >= 11 is 6.28. The van der Waals surface area contributed by atoms with Gasteiger partial charge >= 0.3 is 12.4 Å². The number of halogens is 7. The zero-order valence-electron chi connectivity index (χ0n) is 20.9. The number of carbonyl (C=O) groups is 3. The van der Waals surface area contributed by atoms with E-state index in [0.29, 0.717) is 11.1 Å². The lowest BCUT2D eigenvalue weighted by Gasteiger charge is -2.28. The summed E-state index contributed by atoms with van der Waals surface area (Å²) in [5, 5.41) is 4.87. The maximum absolute atomic E-state index is 13.3. The fourth-order valence-corrected chi connectivity index (χ4v) is 4.51. The van der Waals surface area contributed by atoms with E-state index >= 15 is 0 Å². The Hall–Kier alpha value is -3.61. The van der Waals surface area contributed by atoms with E-state index in [-0.39, 0.29) is 16.4 Å². The molecule has 1 aliphatic heterocycles. The van der Waals surface area contributed by atoms with E-state index in [2.05, 4.69) is 15.6 Å². The number of para-hydroxylation sites is 1. The van der Waals surface area contributed by atoms with Crippen LogP contribution in [0.5, 0.6) is 0 Å². The number of nitrogens with two attached hydrogens (primary N) is 1. The molecule has 0 spiro atoms. The van der Waals surface area contributed by atoms with Gasteiger partial charge < -0.3 is 16.4 Å². The van der Waals surface area contributed by atoms with Crippen molar-refractivity contribution in [3.05, 3.63) is 64.7 Å². The second-order valence-electron chi connectivity index (χ2n) is 9.35. The molecule has 4 atom stereocenters. The average Bonchev–Trinajstić information content (AvgIpc) is 2.99. The van der Waals surface area contributed by atoms with Crippen LogP contribution in [0.25, 0.3) is 0 Å². The molecule has 0 saturated heterocycles. The first kappa shape index (κ1) is 30.9. The van der Waals surface area contributed by atoms with Crippen LogP contribution in [-0.2, 0) is 14.4 Å². The molecular formula is C26H25ClF6N4O3. The van der Waals surface area contributed by atoms with Gasteiger partial charge in [0.2, 0.25) is 18.0 Å². The van der Waals surface area contributed by atoms with Crippen LogP contribution >= 0.6 is 11.6 Å². The van der Waals surface area contributed by atoms with Crippen LogP contribution in [-0.4, -0.2) is 42.0 Å². The van der Waals surface area contributed by atoms with Gasteiger partial charge in [-0.2, -0.15) is 26.3 Å². The molecule has 0 fully saturated rings. The third-order valence-corrected chi connectivity index (χ3v) is 6.76. The molecule has 4 N–H and O–H groups in total. The molecule has 7 nitrogen and oxygen atoms in total. The highest BCUT2D eigenvalue weighted by Gasteiger charge is 2.44. The minimum atomic E-state index is -4.79. The maximum Gasteiger partial charge on any atom is 0.391 e. The number of carbonyl (C=O) groups excluding carboxylic acids is 3. The number of alkyl halides is 6. The predicted molar refractivity (Wildman–Crippen MR) is 135 cm³/mol. The molecule has 0 bridgehead atoms. The van der Waals surface area contributed by atoms with Gasteiger partial charge in [-0.05, 0) is 18.9 Å². The van der Waals surface area contributed by atoms with E-state index in [9.17, 15) is 40.7 Å². The Kier molecular flexibility index (Phi) is 9.49. The fraction of sp³-hybridized carbons (Fsp3) is 0.385.